The Bertz CT molecular complexity index is 1080. The number of hydrogen-bond donors (Lipinski definition) is 1. The largest absolute Gasteiger partial charge is 0.481 e. The summed E-state index contributed by atoms with van der Waals surface area (Å²) in [5.74, 6) is -0.803. The molecule has 140 valence electrons. The molecule has 0 aromatic heterocycles. The first-order chi connectivity index (χ1) is 13.6. The van der Waals surface area contributed by atoms with Crippen molar-refractivity contribution in [3.63, 3.8) is 0 Å². The molecule has 0 saturated carbocycles. The molecule has 0 bridgehead atoms. The Balaban J connectivity index is 1.58. The summed E-state index contributed by atoms with van der Waals surface area (Å²) in [5.41, 5.74) is 3.62. The maximum atomic E-state index is 13.1. The van der Waals surface area contributed by atoms with Crippen LogP contribution in [0.15, 0.2) is 72.8 Å². The fourth-order valence-corrected chi connectivity index (χ4v) is 3.83. The van der Waals surface area contributed by atoms with Gasteiger partial charge in [-0.3, -0.25) is 9.59 Å². The van der Waals surface area contributed by atoms with Crippen molar-refractivity contribution in [2.75, 3.05) is 13.1 Å². The van der Waals surface area contributed by atoms with Crippen LogP contribution < -0.4 is 0 Å². The first kappa shape index (κ1) is 18.0. The van der Waals surface area contributed by atoms with Gasteiger partial charge in [0.05, 0.1) is 6.42 Å². The monoisotopic (exact) mass is 371 g/mol. The minimum atomic E-state index is -0.836. The van der Waals surface area contributed by atoms with E-state index in [1.165, 1.54) is 0 Å². The van der Waals surface area contributed by atoms with Gasteiger partial charge in [-0.15, -0.1) is 0 Å². The van der Waals surface area contributed by atoms with E-state index in [0.29, 0.717) is 19.5 Å². The van der Waals surface area contributed by atoms with Crippen LogP contribution in [0, 0.1) is 0 Å². The molecule has 1 heterocycles. The fraction of sp³-hybridized carbons (Fsp3) is 0.167. The van der Waals surface area contributed by atoms with Crippen LogP contribution in [0.5, 0.6) is 0 Å². The van der Waals surface area contributed by atoms with E-state index in [9.17, 15) is 9.59 Å². The summed E-state index contributed by atoms with van der Waals surface area (Å²) in [7, 11) is 0. The third-order valence-corrected chi connectivity index (χ3v) is 5.22. The number of rotatable bonds is 4. The second-order valence-corrected chi connectivity index (χ2v) is 6.98. The standard InChI is InChI=1S/C24H21NO3/c26-23(27)16-19-7-2-3-9-20(19)18-12-14-25(15-13-18)24(28)22-11-5-8-17-6-1-4-10-21(17)22/h1-12H,13-16H2,(H,26,27). The number of carboxylic acids is 1. The van der Waals surface area contributed by atoms with Crippen molar-refractivity contribution in [3.8, 4) is 0 Å². The number of fused-ring (bicyclic) bond motifs is 1. The van der Waals surface area contributed by atoms with Crippen LogP contribution in [0.25, 0.3) is 16.3 Å². The van der Waals surface area contributed by atoms with E-state index in [-0.39, 0.29) is 12.3 Å². The van der Waals surface area contributed by atoms with Crippen molar-refractivity contribution in [3.05, 3.63) is 89.5 Å². The lowest BCUT2D eigenvalue weighted by Crippen LogP contribution is -2.34. The maximum absolute atomic E-state index is 13.1. The van der Waals surface area contributed by atoms with Crippen molar-refractivity contribution in [1.29, 1.82) is 0 Å². The molecule has 4 rings (SSSR count). The highest BCUT2D eigenvalue weighted by Crippen LogP contribution is 2.27. The smallest absolute Gasteiger partial charge is 0.307 e. The lowest BCUT2D eigenvalue weighted by Gasteiger charge is -2.28. The molecule has 0 aliphatic carbocycles. The number of benzene rings is 3. The number of carbonyl (C=O) groups excluding carboxylic acids is 1. The van der Waals surface area contributed by atoms with E-state index in [2.05, 4.69) is 0 Å². The molecule has 3 aromatic rings. The Morgan fingerprint density at radius 3 is 2.46 bits per heavy atom. The van der Waals surface area contributed by atoms with Gasteiger partial charge in [0.15, 0.2) is 0 Å². The van der Waals surface area contributed by atoms with Crippen LogP contribution in [0.4, 0.5) is 0 Å². The number of nitrogens with zero attached hydrogens (tertiary/aromatic N) is 1. The van der Waals surface area contributed by atoms with E-state index < -0.39 is 5.97 Å². The molecule has 3 aromatic carbocycles. The number of aliphatic carboxylic acids is 1. The molecule has 4 nitrogen and oxygen atoms in total. The number of carboxylic acid groups (broad SMARTS) is 1. The molecule has 0 saturated heterocycles. The van der Waals surface area contributed by atoms with Crippen LogP contribution in [0.2, 0.25) is 0 Å². The third kappa shape index (κ3) is 3.54. The molecule has 0 fully saturated rings. The Morgan fingerprint density at radius 2 is 1.68 bits per heavy atom. The highest BCUT2D eigenvalue weighted by Gasteiger charge is 2.21. The fourth-order valence-electron chi connectivity index (χ4n) is 3.83. The summed E-state index contributed by atoms with van der Waals surface area (Å²) in [4.78, 5) is 26.1. The van der Waals surface area contributed by atoms with Gasteiger partial charge in [0.2, 0.25) is 0 Å². The van der Waals surface area contributed by atoms with Gasteiger partial charge in [-0.1, -0.05) is 66.7 Å². The predicted octanol–water partition coefficient (Wildman–Crippen LogP) is 4.40. The summed E-state index contributed by atoms with van der Waals surface area (Å²) in [6.45, 7) is 1.15. The van der Waals surface area contributed by atoms with Gasteiger partial charge < -0.3 is 10.0 Å². The maximum Gasteiger partial charge on any atom is 0.307 e. The zero-order valence-electron chi connectivity index (χ0n) is 15.5. The lowest BCUT2D eigenvalue weighted by atomic mass is 9.93. The van der Waals surface area contributed by atoms with Crippen LogP contribution >= 0.6 is 0 Å². The van der Waals surface area contributed by atoms with Crippen LogP contribution in [-0.2, 0) is 11.2 Å². The van der Waals surface area contributed by atoms with Gasteiger partial charge in [0, 0.05) is 18.7 Å². The van der Waals surface area contributed by atoms with Crippen LogP contribution in [0.3, 0.4) is 0 Å². The predicted molar refractivity (Wildman–Crippen MR) is 110 cm³/mol. The van der Waals surface area contributed by atoms with E-state index in [1.807, 2.05) is 77.7 Å². The van der Waals surface area contributed by atoms with Crippen molar-refractivity contribution < 1.29 is 14.7 Å². The quantitative estimate of drug-likeness (QED) is 0.740. The summed E-state index contributed by atoms with van der Waals surface area (Å²) < 4.78 is 0. The molecule has 0 atom stereocenters. The van der Waals surface area contributed by atoms with Gasteiger partial charge in [-0.05, 0) is 40.0 Å². The molecule has 1 aliphatic heterocycles. The Kier molecular flexibility index (Phi) is 4.94. The van der Waals surface area contributed by atoms with Crippen molar-refractivity contribution in [2.24, 2.45) is 0 Å². The Hall–Kier alpha value is -3.40. The summed E-state index contributed by atoms with van der Waals surface area (Å²) in [6, 6.07) is 21.3. The molecule has 0 spiro atoms. The van der Waals surface area contributed by atoms with Gasteiger partial charge in [0.1, 0.15) is 0 Å². The molecule has 1 amide bonds. The molecule has 4 heteroatoms. The zero-order chi connectivity index (χ0) is 19.5. The van der Waals surface area contributed by atoms with Gasteiger partial charge >= 0.3 is 5.97 Å². The highest BCUT2D eigenvalue weighted by atomic mass is 16.4. The second kappa shape index (κ2) is 7.69. The van der Waals surface area contributed by atoms with E-state index in [0.717, 1.165) is 33.0 Å². The summed E-state index contributed by atoms with van der Waals surface area (Å²) in [5, 5.41) is 11.2. The number of carbonyl (C=O) groups is 2. The van der Waals surface area contributed by atoms with E-state index in [1.54, 1.807) is 0 Å². The minimum Gasteiger partial charge on any atom is -0.481 e. The zero-order valence-corrected chi connectivity index (χ0v) is 15.5. The Labute approximate surface area is 163 Å². The first-order valence-corrected chi connectivity index (χ1v) is 9.39. The normalized spacial score (nSPS) is 14.0. The summed E-state index contributed by atoms with van der Waals surface area (Å²) >= 11 is 0. The molecular formula is C24H21NO3. The van der Waals surface area contributed by atoms with Crippen molar-refractivity contribution in [2.45, 2.75) is 12.8 Å². The molecule has 1 aliphatic rings. The average Bonchev–Trinajstić information content (AvgIpc) is 2.73. The van der Waals surface area contributed by atoms with Gasteiger partial charge in [-0.2, -0.15) is 0 Å². The van der Waals surface area contributed by atoms with Crippen LogP contribution in [0.1, 0.15) is 27.9 Å². The van der Waals surface area contributed by atoms with Gasteiger partial charge in [0.25, 0.3) is 5.91 Å². The summed E-state index contributed by atoms with van der Waals surface area (Å²) in [6.07, 6.45) is 2.77. The van der Waals surface area contributed by atoms with E-state index >= 15 is 0 Å². The lowest BCUT2D eigenvalue weighted by molar-refractivity contribution is -0.136. The molecule has 0 unspecified atom stereocenters. The van der Waals surface area contributed by atoms with Gasteiger partial charge in [-0.25, -0.2) is 0 Å². The first-order valence-electron chi connectivity index (χ1n) is 9.39. The second-order valence-electron chi connectivity index (χ2n) is 6.98. The third-order valence-electron chi connectivity index (χ3n) is 5.22. The topological polar surface area (TPSA) is 57.6 Å². The molecular weight excluding hydrogens is 350 g/mol. The molecule has 28 heavy (non-hydrogen) atoms. The average molecular weight is 371 g/mol. The highest BCUT2D eigenvalue weighted by molar-refractivity contribution is 6.07. The van der Waals surface area contributed by atoms with Crippen molar-refractivity contribution in [1.82, 2.24) is 4.90 Å². The van der Waals surface area contributed by atoms with Crippen molar-refractivity contribution >= 4 is 28.2 Å². The molecule has 0 radical (unpaired) electrons. The minimum absolute atomic E-state index is 0.00611. The SMILES string of the molecule is O=C(O)Cc1ccccc1C1=CCN(C(=O)c2cccc3ccccc23)CC1. The Morgan fingerprint density at radius 1 is 0.929 bits per heavy atom. The van der Waals surface area contributed by atoms with Crippen LogP contribution in [-0.4, -0.2) is 35.0 Å². The van der Waals surface area contributed by atoms with E-state index in [4.69, 9.17) is 5.11 Å². The number of amides is 1. The molecule has 1 N–H and O–H groups in total. The number of hydrogen-bond acceptors (Lipinski definition) is 2.